The molecule has 2 N–H and O–H groups in total. The van der Waals surface area contributed by atoms with E-state index >= 15 is 0 Å². The largest absolute Gasteiger partial charge is 0.391 e. The molecular formula is C4H10NO2PS. The highest BCUT2D eigenvalue weighted by atomic mass is 32.1. The van der Waals surface area contributed by atoms with Gasteiger partial charge in [-0.1, -0.05) is 9.39 Å². The van der Waals surface area contributed by atoms with E-state index in [0.717, 1.165) is 0 Å². The van der Waals surface area contributed by atoms with Crippen LogP contribution in [0, 0.1) is 0 Å². The molecule has 5 heteroatoms. The summed E-state index contributed by atoms with van der Waals surface area (Å²) in [6.07, 6.45) is -0.701. The Morgan fingerprint density at radius 1 is 1.89 bits per heavy atom. The lowest BCUT2D eigenvalue weighted by atomic mass is 10.2. The Bertz CT molecular complexity index is 109. The first-order valence-corrected chi connectivity index (χ1v) is 3.49. The van der Waals surface area contributed by atoms with Crippen molar-refractivity contribution < 1.29 is 9.90 Å². The van der Waals surface area contributed by atoms with Crippen LogP contribution in [0.15, 0.2) is 0 Å². The quantitative estimate of drug-likeness (QED) is 0.395. The number of carbonyl (C=O) groups excluding carboxylic acids is 1. The molecule has 0 fully saturated rings. The van der Waals surface area contributed by atoms with E-state index in [1.165, 1.54) is 6.92 Å². The van der Waals surface area contributed by atoms with E-state index in [4.69, 9.17) is 5.11 Å². The summed E-state index contributed by atoms with van der Waals surface area (Å²) in [5.41, 5.74) is 0. The molecular weight excluding hydrogens is 157 g/mol. The molecule has 1 unspecified atom stereocenters. The molecule has 0 radical (unpaired) electrons. The molecule has 0 spiro atoms. The predicted octanol–water partition coefficient (Wildman–Crippen LogP) is -0.428. The minimum Gasteiger partial charge on any atom is -0.391 e. The molecule has 3 nitrogen and oxygen atoms in total. The molecule has 0 aliphatic heterocycles. The highest BCUT2D eigenvalue weighted by Gasteiger charge is 2.17. The van der Waals surface area contributed by atoms with Crippen molar-refractivity contribution in [2.24, 2.45) is 0 Å². The van der Waals surface area contributed by atoms with Crippen LogP contribution in [0.25, 0.3) is 0 Å². The van der Waals surface area contributed by atoms with Crippen LogP contribution < -0.4 is 5.09 Å². The zero-order valence-corrected chi connectivity index (χ0v) is 7.08. The first-order valence-electron chi connectivity index (χ1n) is 2.46. The summed E-state index contributed by atoms with van der Waals surface area (Å²) in [6, 6.07) is -0.585. The Hall–Kier alpha value is 0.370. The fourth-order valence-corrected chi connectivity index (χ4v) is 1.28. The monoisotopic (exact) mass is 167 g/mol. The summed E-state index contributed by atoms with van der Waals surface area (Å²) in [5, 5.41) is 11.0. The van der Waals surface area contributed by atoms with Crippen LogP contribution >= 0.6 is 22.0 Å². The van der Waals surface area contributed by atoms with Crippen LogP contribution in [-0.4, -0.2) is 22.4 Å². The number of aliphatic hydroxyl groups excluding tert-OH is 1. The van der Waals surface area contributed by atoms with Gasteiger partial charge >= 0.3 is 0 Å². The Labute approximate surface area is 61.9 Å². The first-order chi connectivity index (χ1) is 4.09. The zero-order valence-electron chi connectivity index (χ0n) is 5.03. The fraction of sp³-hybridized carbons (Fsp3) is 0.750. The average molecular weight is 167 g/mol. The van der Waals surface area contributed by atoms with Gasteiger partial charge in [0, 0.05) is 0 Å². The second-order valence-electron chi connectivity index (χ2n) is 1.72. The minimum absolute atomic E-state index is 0.361. The van der Waals surface area contributed by atoms with Crippen LogP contribution in [0.2, 0.25) is 0 Å². The summed E-state index contributed by atoms with van der Waals surface area (Å²) < 4.78 is 0. The molecule has 0 rings (SSSR count). The lowest BCUT2D eigenvalue weighted by molar-refractivity contribution is -0.114. The van der Waals surface area contributed by atoms with E-state index in [1.54, 1.807) is 0 Å². The minimum atomic E-state index is -0.701. The van der Waals surface area contributed by atoms with Crippen molar-refractivity contribution in [2.75, 3.05) is 0 Å². The van der Waals surface area contributed by atoms with E-state index in [2.05, 4.69) is 27.1 Å². The Morgan fingerprint density at radius 2 is 2.33 bits per heavy atom. The summed E-state index contributed by atoms with van der Waals surface area (Å²) in [7, 11) is 2.15. The molecule has 0 saturated carbocycles. The highest BCUT2D eigenvalue weighted by molar-refractivity contribution is 7.96. The van der Waals surface area contributed by atoms with E-state index in [9.17, 15) is 4.79 Å². The third kappa shape index (κ3) is 3.16. The third-order valence-corrected chi connectivity index (χ3v) is 1.57. The Kier molecular flexibility index (Phi) is 4.40. The van der Waals surface area contributed by atoms with Gasteiger partial charge in [0.25, 0.3) is 0 Å². The van der Waals surface area contributed by atoms with E-state index in [1.807, 2.05) is 0 Å². The molecule has 0 aromatic rings. The number of carbonyl (C=O) groups is 1. The van der Waals surface area contributed by atoms with Crippen LogP contribution in [-0.2, 0) is 4.79 Å². The third-order valence-electron chi connectivity index (χ3n) is 0.928. The van der Waals surface area contributed by atoms with Gasteiger partial charge in [-0.25, -0.2) is 0 Å². The smallest absolute Gasteiger partial charge is 0.205 e. The average Bonchev–Trinajstić information content (AvgIpc) is 1.64. The second kappa shape index (κ2) is 4.23. The Morgan fingerprint density at radius 3 is 2.33 bits per heavy atom. The van der Waals surface area contributed by atoms with E-state index in [0.29, 0.717) is 0 Å². The van der Waals surface area contributed by atoms with Crippen molar-refractivity contribution >= 4 is 27.1 Å². The zero-order chi connectivity index (χ0) is 7.44. The second-order valence-corrected chi connectivity index (χ2v) is 2.50. The van der Waals surface area contributed by atoms with Crippen LogP contribution in [0.4, 0.5) is 0 Å². The van der Waals surface area contributed by atoms with Crippen molar-refractivity contribution in [1.29, 1.82) is 0 Å². The molecule has 0 aromatic carbocycles. The van der Waals surface area contributed by atoms with Gasteiger partial charge < -0.3 is 5.11 Å². The molecule has 0 saturated heterocycles. The normalized spacial score (nSPS) is 16.9. The van der Waals surface area contributed by atoms with Gasteiger partial charge in [-0.3, -0.25) is 9.88 Å². The fourth-order valence-electron chi connectivity index (χ4n) is 0.417. The van der Waals surface area contributed by atoms with Gasteiger partial charge in [-0.15, -0.1) is 12.6 Å². The highest BCUT2D eigenvalue weighted by Crippen LogP contribution is 1.98. The number of hydrogen-bond acceptors (Lipinski definition) is 3. The summed E-state index contributed by atoms with van der Waals surface area (Å²) in [6.45, 7) is 1.52. The van der Waals surface area contributed by atoms with Crippen molar-refractivity contribution in [3.05, 3.63) is 0 Å². The van der Waals surface area contributed by atoms with Crippen LogP contribution in [0.3, 0.4) is 0 Å². The SMILES string of the molecule is C[C@@H](O)[C@H](NP)C(=O)S. The van der Waals surface area contributed by atoms with E-state index in [-0.39, 0.29) is 5.12 Å². The van der Waals surface area contributed by atoms with Gasteiger partial charge in [-0.2, -0.15) is 0 Å². The molecule has 9 heavy (non-hydrogen) atoms. The van der Waals surface area contributed by atoms with Crippen molar-refractivity contribution in [1.82, 2.24) is 5.09 Å². The van der Waals surface area contributed by atoms with Crippen molar-refractivity contribution in [2.45, 2.75) is 19.1 Å². The molecule has 54 valence electrons. The number of aliphatic hydroxyl groups is 1. The molecule has 3 atom stereocenters. The van der Waals surface area contributed by atoms with E-state index < -0.39 is 12.1 Å². The summed E-state index contributed by atoms with van der Waals surface area (Å²) in [5.74, 6) is 0. The number of thiol groups is 1. The van der Waals surface area contributed by atoms with Gasteiger partial charge in [0.15, 0.2) is 0 Å². The maximum atomic E-state index is 10.4. The predicted molar refractivity (Wildman–Crippen MR) is 42.3 cm³/mol. The molecule has 0 amide bonds. The lowest BCUT2D eigenvalue weighted by Gasteiger charge is -2.13. The number of nitrogens with one attached hydrogen (secondary N) is 1. The van der Waals surface area contributed by atoms with Gasteiger partial charge in [0.2, 0.25) is 5.12 Å². The number of rotatable bonds is 3. The van der Waals surface area contributed by atoms with Crippen LogP contribution in [0.5, 0.6) is 0 Å². The molecule has 0 aromatic heterocycles. The maximum Gasteiger partial charge on any atom is 0.205 e. The molecule has 0 bridgehead atoms. The number of hydrogen-bond donors (Lipinski definition) is 3. The van der Waals surface area contributed by atoms with Gasteiger partial charge in [0.05, 0.1) is 6.10 Å². The summed E-state index contributed by atoms with van der Waals surface area (Å²) in [4.78, 5) is 10.4. The Balaban J connectivity index is 3.83. The first kappa shape index (κ1) is 9.37. The lowest BCUT2D eigenvalue weighted by Crippen LogP contribution is -2.37. The summed E-state index contributed by atoms with van der Waals surface area (Å²) >= 11 is 3.54. The van der Waals surface area contributed by atoms with Crippen molar-refractivity contribution in [3.63, 3.8) is 0 Å². The molecule has 0 heterocycles. The molecule has 0 aliphatic rings. The van der Waals surface area contributed by atoms with Crippen LogP contribution in [0.1, 0.15) is 6.92 Å². The van der Waals surface area contributed by atoms with Crippen molar-refractivity contribution in [3.8, 4) is 0 Å². The topological polar surface area (TPSA) is 49.3 Å². The standard InChI is InChI=1S/C4H10NO2PS/c1-2(6)3(5-8)4(7)9/h2-3,5-6H,8H2,1H3,(H,7,9)/t2-,3+/m1/s1. The molecule has 0 aliphatic carbocycles. The van der Waals surface area contributed by atoms with Gasteiger partial charge in [-0.05, 0) is 6.92 Å². The maximum absolute atomic E-state index is 10.4. The van der Waals surface area contributed by atoms with Gasteiger partial charge in [0.1, 0.15) is 6.04 Å².